The van der Waals surface area contributed by atoms with Gasteiger partial charge in [0.15, 0.2) is 6.29 Å². The SMILES string of the molecule is O=CC(=O)c1ccc(C(=O)NCCOCCNC(=O)CCCCC2SCC3NC(=O)NC32)c(Cl)c1. The molecule has 4 N–H and O–H groups in total. The van der Waals surface area contributed by atoms with E-state index in [-0.39, 0.29) is 59.6 Å². The minimum absolute atomic E-state index is 0.0270. The highest BCUT2D eigenvalue weighted by Gasteiger charge is 2.42. The minimum atomic E-state index is -0.710. The fourth-order valence-electron chi connectivity index (χ4n) is 3.98. The third-order valence-electron chi connectivity index (χ3n) is 5.79. The zero-order valence-corrected chi connectivity index (χ0v) is 20.7. The number of aldehydes is 1. The monoisotopic (exact) mass is 524 g/mol. The Hall–Kier alpha value is -2.63. The molecule has 190 valence electrons. The summed E-state index contributed by atoms with van der Waals surface area (Å²) in [4.78, 5) is 57.5. The molecule has 0 saturated carbocycles. The Bertz CT molecular complexity index is 962. The topological polar surface area (TPSA) is 143 Å². The summed E-state index contributed by atoms with van der Waals surface area (Å²) >= 11 is 7.89. The van der Waals surface area contributed by atoms with Gasteiger partial charge >= 0.3 is 6.03 Å². The summed E-state index contributed by atoms with van der Waals surface area (Å²) in [6.45, 7) is 1.20. The molecule has 0 radical (unpaired) electrons. The average Bonchev–Trinajstić information content (AvgIpc) is 3.39. The van der Waals surface area contributed by atoms with Crippen molar-refractivity contribution in [3.63, 3.8) is 0 Å². The molecular weight excluding hydrogens is 496 g/mol. The number of ether oxygens (including phenoxy) is 1. The number of benzene rings is 1. The molecule has 2 aliphatic rings. The third kappa shape index (κ3) is 7.94. The zero-order chi connectivity index (χ0) is 25.2. The number of fused-ring (bicyclic) bond motifs is 1. The maximum Gasteiger partial charge on any atom is 0.315 e. The first-order valence-electron chi connectivity index (χ1n) is 11.5. The van der Waals surface area contributed by atoms with Crippen molar-refractivity contribution in [1.82, 2.24) is 21.3 Å². The van der Waals surface area contributed by atoms with Crippen LogP contribution in [0.5, 0.6) is 0 Å². The van der Waals surface area contributed by atoms with Crippen LogP contribution in [-0.2, 0) is 14.3 Å². The first kappa shape index (κ1) is 27.0. The van der Waals surface area contributed by atoms with Crippen molar-refractivity contribution in [3.8, 4) is 0 Å². The number of hydrogen-bond donors (Lipinski definition) is 4. The van der Waals surface area contributed by atoms with Gasteiger partial charge in [0, 0.05) is 36.1 Å². The standard InChI is InChI=1S/C23H29ClN4O6S/c24-16-11-14(18(30)12-29)5-6-15(16)22(32)26-8-10-34-9-7-25-20(31)4-2-1-3-19-21-17(13-35-19)27-23(33)28-21/h5-6,11-12,17,19,21H,1-4,7-10,13H2,(H,25,31)(H,26,32)(H2,27,28,33). The number of thioether (sulfide) groups is 1. The molecule has 0 aliphatic carbocycles. The summed E-state index contributed by atoms with van der Waals surface area (Å²) in [6.07, 6.45) is 3.33. The molecule has 0 spiro atoms. The summed E-state index contributed by atoms with van der Waals surface area (Å²) in [5.74, 6) is -0.224. The van der Waals surface area contributed by atoms with Crippen LogP contribution in [-0.4, -0.2) is 79.3 Å². The molecule has 2 saturated heterocycles. The van der Waals surface area contributed by atoms with Crippen LogP contribution >= 0.6 is 23.4 Å². The second-order valence-corrected chi connectivity index (χ2v) is 9.94. The molecule has 35 heavy (non-hydrogen) atoms. The molecular formula is C23H29ClN4O6S. The first-order valence-corrected chi connectivity index (χ1v) is 12.9. The van der Waals surface area contributed by atoms with Crippen LogP contribution in [0, 0.1) is 0 Å². The van der Waals surface area contributed by atoms with Gasteiger partial charge in [0.25, 0.3) is 5.91 Å². The van der Waals surface area contributed by atoms with E-state index in [4.69, 9.17) is 16.3 Å². The minimum Gasteiger partial charge on any atom is -0.378 e. The summed E-state index contributed by atoms with van der Waals surface area (Å²) < 4.78 is 5.42. The lowest BCUT2D eigenvalue weighted by molar-refractivity contribution is -0.121. The molecule has 1 aromatic carbocycles. The second kappa shape index (κ2) is 13.5. The van der Waals surface area contributed by atoms with E-state index in [2.05, 4.69) is 21.3 Å². The first-order chi connectivity index (χ1) is 16.9. The van der Waals surface area contributed by atoms with Gasteiger partial charge in [-0.2, -0.15) is 11.8 Å². The lowest BCUT2D eigenvalue weighted by Gasteiger charge is -2.16. The fourth-order valence-corrected chi connectivity index (χ4v) is 5.79. The van der Waals surface area contributed by atoms with Crippen molar-refractivity contribution in [3.05, 3.63) is 34.3 Å². The number of nitrogens with one attached hydrogen (secondary N) is 4. The molecule has 2 fully saturated rings. The van der Waals surface area contributed by atoms with Crippen molar-refractivity contribution in [1.29, 1.82) is 0 Å². The largest absolute Gasteiger partial charge is 0.378 e. The van der Waals surface area contributed by atoms with Gasteiger partial charge in [-0.15, -0.1) is 0 Å². The smallest absolute Gasteiger partial charge is 0.315 e. The number of urea groups is 1. The number of rotatable bonds is 14. The van der Waals surface area contributed by atoms with Gasteiger partial charge in [0.2, 0.25) is 11.7 Å². The Morgan fingerprint density at radius 1 is 1.14 bits per heavy atom. The molecule has 0 aromatic heterocycles. The molecule has 2 aliphatic heterocycles. The van der Waals surface area contributed by atoms with Gasteiger partial charge in [-0.1, -0.05) is 24.1 Å². The Labute approximate surface area is 212 Å². The lowest BCUT2D eigenvalue weighted by Crippen LogP contribution is -2.36. The molecule has 2 heterocycles. The molecule has 3 rings (SSSR count). The van der Waals surface area contributed by atoms with E-state index in [1.54, 1.807) is 0 Å². The van der Waals surface area contributed by atoms with E-state index >= 15 is 0 Å². The van der Waals surface area contributed by atoms with Gasteiger partial charge in [0.05, 0.1) is 35.9 Å². The van der Waals surface area contributed by atoms with Crippen LogP contribution in [0.15, 0.2) is 18.2 Å². The number of halogens is 1. The molecule has 0 bridgehead atoms. The molecule has 1 aromatic rings. The van der Waals surface area contributed by atoms with Crippen LogP contribution in [0.3, 0.4) is 0 Å². The number of ketones is 1. The predicted octanol–water partition coefficient (Wildman–Crippen LogP) is 1.31. The highest BCUT2D eigenvalue weighted by molar-refractivity contribution is 8.00. The van der Waals surface area contributed by atoms with Crippen LogP contribution in [0.1, 0.15) is 46.4 Å². The maximum atomic E-state index is 12.2. The van der Waals surface area contributed by atoms with E-state index in [9.17, 15) is 24.0 Å². The number of carbonyl (C=O) groups excluding carboxylic acids is 5. The Kier molecular flexibility index (Phi) is 10.4. The van der Waals surface area contributed by atoms with Crippen molar-refractivity contribution < 1.29 is 28.7 Å². The summed E-state index contributed by atoms with van der Waals surface area (Å²) in [5.41, 5.74) is 0.312. The van der Waals surface area contributed by atoms with E-state index in [0.29, 0.717) is 24.8 Å². The van der Waals surface area contributed by atoms with Gasteiger partial charge in [-0.25, -0.2) is 4.79 Å². The molecule has 3 atom stereocenters. The molecule has 4 amide bonds. The van der Waals surface area contributed by atoms with Gasteiger partial charge in [0.1, 0.15) is 0 Å². The average molecular weight is 525 g/mol. The van der Waals surface area contributed by atoms with Gasteiger partial charge in [-0.05, 0) is 25.0 Å². The molecule has 3 unspecified atom stereocenters. The number of unbranched alkanes of at least 4 members (excludes halogenated alkanes) is 1. The van der Waals surface area contributed by atoms with Crippen LogP contribution < -0.4 is 21.3 Å². The highest BCUT2D eigenvalue weighted by Crippen LogP contribution is 2.33. The lowest BCUT2D eigenvalue weighted by atomic mass is 10.0. The van der Waals surface area contributed by atoms with Crippen molar-refractivity contribution >= 4 is 53.3 Å². The predicted molar refractivity (Wildman–Crippen MR) is 132 cm³/mol. The normalized spacial score (nSPS) is 20.5. The quantitative estimate of drug-likeness (QED) is 0.0944. The Balaban J connectivity index is 1.19. The van der Waals surface area contributed by atoms with Gasteiger partial charge < -0.3 is 26.0 Å². The van der Waals surface area contributed by atoms with E-state index < -0.39 is 11.7 Å². The fraction of sp³-hybridized carbons (Fsp3) is 0.522. The molecule has 10 nitrogen and oxygen atoms in total. The number of Topliss-reactive ketones (excluding diaryl/α,β-unsaturated/α-hetero) is 1. The van der Waals surface area contributed by atoms with Gasteiger partial charge in [-0.3, -0.25) is 19.2 Å². The van der Waals surface area contributed by atoms with E-state index in [1.165, 1.54) is 18.2 Å². The number of amides is 4. The Morgan fingerprint density at radius 3 is 2.66 bits per heavy atom. The van der Waals surface area contributed by atoms with Crippen molar-refractivity contribution in [2.24, 2.45) is 0 Å². The summed E-state index contributed by atoms with van der Waals surface area (Å²) in [6, 6.07) is 4.37. The summed E-state index contributed by atoms with van der Waals surface area (Å²) in [5, 5.41) is 11.8. The van der Waals surface area contributed by atoms with Crippen LogP contribution in [0.4, 0.5) is 4.79 Å². The van der Waals surface area contributed by atoms with Crippen molar-refractivity contribution in [2.75, 3.05) is 32.1 Å². The van der Waals surface area contributed by atoms with Crippen LogP contribution in [0.2, 0.25) is 5.02 Å². The van der Waals surface area contributed by atoms with E-state index in [1.807, 2.05) is 11.8 Å². The molecule has 12 heteroatoms. The van der Waals surface area contributed by atoms with Crippen molar-refractivity contribution in [2.45, 2.75) is 43.0 Å². The van der Waals surface area contributed by atoms with E-state index in [0.717, 1.165) is 25.0 Å². The third-order valence-corrected chi connectivity index (χ3v) is 7.61. The number of hydrogen-bond acceptors (Lipinski definition) is 7. The van der Waals surface area contributed by atoms with Crippen LogP contribution in [0.25, 0.3) is 0 Å². The Morgan fingerprint density at radius 2 is 1.91 bits per heavy atom. The highest BCUT2D eigenvalue weighted by atomic mass is 35.5. The summed E-state index contributed by atoms with van der Waals surface area (Å²) in [7, 11) is 0. The number of carbonyl (C=O) groups is 5. The zero-order valence-electron chi connectivity index (χ0n) is 19.1. The maximum absolute atomic E-state index is 12.2. The second-order valence-electron chi connectivity index (χ2n) is 8.26.